The van der Waals surface area contributed by atoms with Crippen molar-refractivity contribution in [1.82, 2.24) is 5.43 Å². The van der Waals surface area contributed by atoms with Gasteiger partial charge < -0.3 is 9.15 Å². The molecular weight excluding hydrogens is 358 g/mol. The number of nitrogens with zero attached hydrogens (tertiary/aromatic N) is 2. The van der Waals surface area contributed by atoms with Crippen LogP contribution in [0.3, 0.4) is 0 Å². The van der Waals surface area contributed by atoms with E-state index in [0.29, 0.717) is 11.3 Å². The Hall–Kier alpha value is -3.95. The third-order valence-corrected chi connectivity index (χ3v) is 3.61. The van der Waals surface area contributed by atoms with Crippen molar-refractivity contribution in [2.45, 2.75) is 6.92 Å². The van der Waals surface area contributed by atoms with Gasteiger partial charge in [0.25, 0.3) is 11.8 Å². The molecule has 10 heteroatoms. The first-order valence-electron chi connectivity index (χ1n) is 7.79. The average Bonchev–Trinajstić information content (AvgIpc) is 3.23. The second-order valence-electron chi connectivity index (χ2n) is 5.34. The van der Waals surface area contributed by atoms with Gasteiger partial charge in [0.05, 0.1) is 23.9 Å². The van der Waals surface area contributed by atoms with Gasteiger partial charge in [-0.05, 0) is 43.3 Å². The van der Waals surface area contributed by atoms with Crippen LogP contribution in [0.25, 0.3) is 6.08 Å². The summed E-state index contributed by atoms with van der Waals surface area (Å²) in [5, 5.41) is 11.6. The molecule has 2 heterocycles. The lowest BCUT2D eigenvalue weighted by Crippen LogP contribution is -2.35. The SMILES string of the molecule is CCOC(=O)c1ccc(N2NC(=O)/C(=C\c3ccc([N+](=O)[O-])o3)C2=O)cc1. The minimum absolute atomic E-state index is 0.000269. The van der Waals surface area contributed by atoms with Crippen molar-refractivity contribution in [2.24, 2.45) is 0 Å². The summed E-state index contributed by atoms with van der Waals surface area (Å²) >= 11 is 0. The third kappa shape index (κ3) is 3.54. The number of anilines is 1. The monoisotopic (exact) mass is 371 g/mol. The Labute approximate surface area is 152 Å². The van der Waals surface area contributed by atoms with Gasteiger partial charge in [-0.3, -0.25) is 25.1 Å². The van der Waals surface area contributed by atoms with Crippen LogP contribution < -0.4 is 10.4 Å². The summed E-state index contributed by atoms with van der Waals surface area (Å²) in [6.45, 7) is 1.92. The smallest absolute Gasteiger partial charge is 0.433 e. The number of furan rings is 1. The fourth-order valence-corrected chi connectivity index (χ4v) is 2.36. The van der Waals surface area contributed by atoms with Crippen LogP contribution in [-0.2, 0) is 14.3 Å². The molecule has 0 radical (unpaired) electrons. The maximum atomic E-state index is 12.5. The number of carbonyl (C=O) groups is 3. The summed E-state index contributed by atoms with van der Waals surface area (Å²) in [7, 11) is 0. The molecule has 1 N–H and O–H groups in total. The summed E-state index contributed by atoms with van der Waals surface area (Å²) in [6.07, 6.45) is 1.12. The number of nitro groups is 1. The van der Waals surface area contributed by atoms with Crippen LogP contribution in [-0.4, -0.2) is 29.3 Å². The minimum atomic E-state index is -0.726. The van der Waals surface area contributed by atoms with Crippen molar-refractivity contribution >= 4 is 35.4 Å². The van der Waals surface area contributed by atoms with Gasteiger partial charge in [0, 0.05) is 0 Å². The number of hydrogen-bond donors (Lipinski definition) is 1. The van der Waals surface area contributed by atoms with Crippen LogP contribution in [0.15, 0.2) is 46.4 Å². The lowest BCUT2D eigenvalue weighted by Gasteiger charge is -2.14. The van der Waals surface area contributed by atoms with E-state index in [1.165, 1.54) is 30.3 Å². The number of carbonyl (C=O) groups excluding carboxylic acids is 3. The van der Waals surface area contributed by atoms with E-state index in [2.05, 4.69) is 5.43 Å². The zero-order valence-corrected chi connectivity index (χ0v) is 14.0. The number of nitrogens with one attached hydrogen (secondary N) is 1. The first-order valence-corrected chi connectivity index (χ1v) is 7.79. The van der Waals surface area contributed by atoms with Crippen LogP contribution in [0.1, 0.15) is 23.0 Å². The molecule has 1 aliphatic heterocycles. The summed E-state index contributed by atoms with van der Waals surface area (Å²) in [5.74, 6) is -2.35. The summed E-state index contributed by atoms with van der Waals surface area (Å²) in [4.78, 5) is 46.1. The van der Waals surface area contributed by atoms with Crippen molar-refractivity contribution in [3.63, 3.8) is 0 Å². The normalized spacial score (nSPS) is 15.1. The molecule has 0 saturated carbocycles. The van der Waals surface area contributed by atoms with Crippen LogP contribution >= 0.6 is 0 Å². The Morgan fingerprint density at radius 1 is 1.26 bits per heavy atom. The quantitative estimate of drug-likeness (QED) is 0.279. The van der Waals surface area contributed by atoms with Crippen LogP contribution in [0.2, 0.25) is 0 Å². The average molecular weight is 371 g/mol. The van der Waals surface area contributed by atoms with Gasteiger partial charge in [-0.1, -0.05) is 0 Å². The molecule has 1 aromatic carbocycles. The van der Waals surface area contributed by atoms with E-state index in [-0.39, 0.29) is 17.9 Å². The minimum Gasteiger partial charge on any atom is -0.462 e. The first-order chi connectivity index (χ1) is 12.9. The highest BCUT2D eigenvalue weighted by Gasteiger charge is 2.35. The summed E-state index contributed by atoms with van der Waals surface area (Å²) < 4.78 is 9.81. The van der Waals surface area contributed by atoms with Crippen LogP contribution in [0, 0.1) is 10.1 Å². The zero-order chi connectivity index (χ0) is 19.6. The number of benzene rings is 1. The lowest BCUT2D eigenvalue weighted by molar-refractivity contribution is -0.402. The lowest BCUT2D eigenvalue weighted by atomic mass is 10.2. The van der Waals surface area contributed by atoms with Gasteiger partial charge in [0.2, 0.25) is 0 Å². The molecule has 0 aliphatic carbocycles. The standard InChI is InChI=1S/C17H13N3O7/c1-2-26-17(23)10-3-5-11(6-4-10)19-16(22)13(15(21)18-19)9-12-7-8-14(27-12)20(24)25/h3-9H,2H2,1H3,(H,18,21)/b13-9+. The van der Waals surface area contributed by atoms with Crippen molar-refractivity contribution in [3.8, 4) is 0 Å². The van der Waals surface area contributed by atoms with Gasteiger partial charge in [-0.2, -0.15) is 0 Å². The van der Waals surface area contributed by atoms with E-state index < -0.39 is 28.6 Å². The Kier molecular flexibility index (Phi) is 4.71. The topological polar surface area (TPSA) is 132 Å². The fraction of sp³-hybridized carbons (Fsp3) is 0.118. The Morgan fingerprint density at radius 3 is 2.56 bits per heavy atom. The second-order valence-corrected chi connectivity index (χ2v) is 5.34. The highest BCUT2D eigenvalue weighted by Crippen LogP contribution is 2.24. The van der Waals surface area contributed by atoms with E-state index in [1.807, 2.05) is 0 Å². The molecule has 27 heavy (non-hydrogen) atoms. The predicted molar refractivity (Wildman–Crippen MR) is 91.4 cm³/mol. The van der Waals surface area contributed by atoms with Crippen molar-refractivity contribution in [2.75, 3.05) is 11.6 Å². The molecule has 2 aromatic rings. The number of hydrazine groups is 1. The van der Waals surface area contributed by atoms with Gasteiger partial charge in [0.15, 0.2) is 0 Å². The van der Waals surface area contributed by atoms with E-state index in [9.17, 15) is 24.5 Å². The molecule has 10 nitrogen and oxygen atoms in total. The fourth-order valence-electron chi connectivity index (χ4n) is 2.36. The van der Waals surface area contributed by atoms with Crippen LogP contribution in [0.5, 0.6) is 0 Å². The van der Waals surface area contributed by atoms with Gasteiger partial charge in [-0.25, -0.2) is 9.80 Å². The Morgan fingerprint density at radius 2 is 1.96 bits per heavy atom. The molecule has 1 fully saturated rings. The van der Waals surface area contributed by atoms with Gasteiger partial charge >= 0.3 is 11.9 Å². The molecular formula is C17H13N3O7. The van der Waals surface area contributed by atoms with Crippen LogP contribution in [0.4, 0.5) is 11.6 Å². The molecule has 0 spiro atoms. The molecule has 1 saturated heterocycles. The maximum Gasteiger partial charge on any atom is 0.433 e. The van der Waals surface area contributed by atoms with Crippen molar-refractivity contribution in [3.05, 3.63) is 63.4 Å². The molecule has 0 bridgehead atoms. The predicted octanol–water partition coefficient (Wildman–Crippen LogP) is 1.83. The van der Waals surface area contributed by atoms with E-state index >= 15 is 0 Å². The third-order valence-electron chi connectivity index (χ3n) is 3.61. The van der Waals surface area contributed by atoms with Gasteiger partial charge in [-0.15, -0.1) is 0 Å². The molecule has 0 unspecified atom stereocenters. The Balaban J connectivity index is 1.82. The van der Waals surface area contributed by atoms with E-state index in [4.69, 9.17) is 9.15 Å². The molecule has 1 aromatic heterocycles. The number of esters is 1. The zero-order valence-electron chi connectivity index (χ0n) is 14.0. The summed E-state index contributed by atoms with van der Waals surface area (Å²) in [5.41, 5.74) is 2.77. The second kappa shape index (κ2) is 7.12. The largest absolute Gasteiger partial charge is 0.462 e. The molecule has 0 atom stereocenters. The number of hydrogen-bond acceptors (Lipinski definition) is 7. The maximum absolute atomic E-state index is 12.5. The Bertz CT molecular complexity index is 959. The first kappa shape index (κ1) is 17.9. The summed E-state index contributed by atoms with van der Waals surface area (Å²) in [6, 6.07) is 8.28. The number of ether oxygens (including phenoxy) is 1. The molecule has 2 amide bonds. The number of amides is 2. The highest BCUT2D eigenvalue weighted by molar-refractivity contribution is 6.31. The van der Waals surface area contributed by atoms with E-state index in [1.54, 1.807) is 6.92 Å². The molecule has 3 rings (SSSR count). The van der Waals surface area contributed by atoms with E-state index in [0.717, 1.165) is 17.2 Å². The van der Waals surface area contributed by atoms with Gasteiger partial charge in [0.1, 0.15) is 16.3 Å². The van der Waals surface area contributed by atoms with Crippen molar-refractivity contribution in [1.29, 1.82) is 0 Å². The highest BCUT2D eigenvalue weighted by atomic mass is 16.6. The number of rotatable bonds is 5. The van der Waals surface area contributed by atoms with Crippen molar-refractivity contribution < 1.29 is 28.5 Å². The molecule has 138 valence electrons. The molecule has 1 aliphatic rings.